The van der Waals surface area contributed by atoms with Crippen molar-refractivity contribution in [2.75, 3.05) is 6.54 Å². The van der Waals surface area contributed by atoms with Crippen molar-refractivity contribution in [3.05, 3.63) is 0 Å². The van der Waals surface area contributed by atoms with Crippen LogP contribution in [-0.2, 0) is 14.4 Å². The Balaban J connectivity index is 0.000000306. The number of rotatable bonds is 1. The Labute approximate surface area is 128 Å². The number of hydrogen-bond acceptors (Lipinski definition) is 4. The van der Waals surface area contributed by atoms with Crippen LogP contribution in [0.15, 0.2) is 0 Å². The molecule has 0 bridgehead atoms. The fraction of sp³-hybridized carbons (Fsp3) is 0.727. The Morgan fingerprint density at radius 1 is 1.11 bits per heavy atom. The van der Waals surface area contributed by atoms with Gasteiger partial charge in [0.25, 0.3) is 0 Å². The van der Waals surface area contributed by atoms with Gasteiger partial charge in [-0.2, -0.15) is 0 Å². The molecule has 2 aliphatic rings. The van der Waals surface area contributed by atoms with Gasteiger partial charge >= 0.3 is 29.6 Å². The maximum atomic E-state index is 10.6. The van der Waals surface area contributed by atoms with Crippen molar-refractivity contribution in [2.24, 2.45) is 0 Å². The smallest absolute Gasteiger partial charge is 0.548 e. The molecular formula is C11H17N2NaO4. The number of carbonyl (C=O) groups excluding carboxylic acids is 3. The molecular weight excluding hydrogens is 247 g/mol. The number of amides is 2. The summed E-state index contributed by atoms with van der Waals surface area (Å²) in [7, 11) is 0. The summed E-state index contributed by atoms with van der Waals surface area (Å²) in [5.41, 5.74) is 0. The van der Waals surface area contributed by atoms with Gasteiger partial charge in [-0.3, -0.25) is 9.59 Å². The van der Waals surface area contributed by atoms with Gasteiger partial charge in [-0.25, -0.2) is 0 Å². The van der Waals surface area contributed by atoms with E-state index in [1.807, 2.05) is 0 Å². The van der Waals surface area contributed by atoms with Crippen LogP contribution in [0, 0.1) is 0 Å². The predicted octanol–water partition coefficient (Wildman–Crippen LogP) is -4.30. The molecule has 0 aromatic heterocycles. The van der Waals surface area contributed by atoms with Gasteiger partial charge in [0.2, 0.25) is 11.8 Å². The van der Waals surface area contributed by atoms with Crippen molar-refractivity contribution in [3.63, 3.8) is 0 Å². The maximum Gasteiger partial charge on any atom is 1.00 e. The number of carbonyl (C=O) groups is 3. The second kappa shape index (κ2) is 9.35. The summed E-state index contributed by atoms with van der Waals surface area (Å²) in [5, 5.41) is 15.1. The van der Waals surface area contributed by atoms with Crippen molar-refractivity contribution in [1.29, 1.82) is 0 Å². The third kappa shape index (κ3) is 6.98. The van der Waals surface area contributed by atoms with E-state index >= 15 is 0 Å². The average Bonchev–Trinajstić information content (AvgIpc) is 2.57. The summed E-state index contributed by atoms with van der Waals surface area (Å²) in [6, 6.07) is -0.752. The fourth-order valence-electron chi connectivity index (χ4n) is 1.69. The van der Waals surface area contributed by atoms with Gasteiger partial charge in [0.15, 0.2) is 0 Å². The largest absolute Gasteiger partial charge is 1.00 e. The topological polar surface area (TPSA) is 98.3 Å². The first-order valence-electron chi connectivity index (χ1n) is 5.86. The summed E-state index contributed by atoms with van der Waals surface area (Å²) >= 11 is 0. The van der Waals surface area contributed by atoms with Gasteiger partial charge in [0.05, 0.1) is 12.0 Å². The van der Waals surface area contributed by atoms with Crippen LogP contribution in [0.3, 0.4) is 0 Å². The van der Waals surface area contributed by atoms with Crippen LogP contribution in [0.1, 0.15) is 38.5 Å². The van der Waals surface area contributed by atoms with Crippen LogP contribution in [-0.4, -0.2) is 30.4 Å². The minimum Gasteiger partial charge on any atom is -0.548 e. The van der Waals surface area contributed by atoms with Crippen LogP contribution in [0.25, 0.3) is 0 Å². The summed E-state index contributed by atoms with van der Waals surface area (Å²) in [6.45, 7) is 0.888. The second-order valence-electron chi connectivity index (χ2n) is 4.14. The maximum absolute atomic E-state index is 10.6. The molecule has 2 saturated heterocycles. The Morgan fingerprint density at radius 3 is 2.33 bits per heavy atom. The quantitative estimate of drug-likeness (QED) is 0.468. The van der Waals surface area contributed by atoms with E-state index in [9.17, 15) is 19.5 Å². The number of carboxylic acids is 1. The van der Waals surface area contributed by atoms with Crippen molar-refractivity contribution in [1.82, 2.24) is 10.6 Å². The molecule has 1 atom stereocenters. The van der Waals surface area contributed by atoms with E-state index in [1.54, 1.807) is 0 Å². The Bertz CT molecular complexity index is 299. The first-order valence-corrected chi connectivity index (χ1v) is 5.86. The Hall–Kier alpha value is -0.590. The molecule has 2 heterocycles. The summed E-state index contributed by atoms with van der Waals surface area (Å²) < 4.78 is 0. The van der Waals surface area contributed by atoms with Crippen molar-refractivity contribution >= 4 is 17.8 Å². The minimum atomic E-state index is -1.19. The molecule has 0 aliphatic carbocycles. The van der Waals surface area contributed by atoms with E-state index in [2.05, 4.69) is 10.6 Å². The van der Waals surface area contributed by atoms with Gasteiger partial charge in [-0.1, -0.05) is 6.42 Å². The average molecular weight is 264 g/mol. The third-order valence-corrected chi connectivity index (χ3v) is 2.68. The summed E-state index contributed by atoms with van der Waals surface area (Å²) in [5.74, 6) is -1.17. The van der Waals surface area contributed by atoms with E-state index in [0.29, 0.717) is 12.8 Å². The molecule has 7 heteroatoms. The van der Waals surface area contributed by atoms with E-state index in [4.69, 9.17) is 0 Å². The molecule has 2 rings (SSSR count). The zero-order valence-corrected chi connectivity index (χ0v) is 12.7. The molecule has 6 nitrogen and oxygen atoms in total. The molecule has 18 heavy (non-hydrogen) atoms. The zero-order chi connectivity index (χ0) is 12.7. The molecule has 0 unspecified atom stereocenters. The minimum absolute atomic E-state index is 0. The van der Waals surface area contributed by atoms with Crippen LogP contribution < -0.4 is 45.3 Å². The number of carboxylic acid groups (broad SMARTS) is 1. The molecule has 2 aliphatic heterocycles. The molecule has 0 aromatic rings. The van der Waals surface area contributed by atoms with Gasteiger partial charge in [-0.05, 0) is 19.3 Å². The van der Waals surface area contributed by atoms with Crippen LogP contribution >= 0.6 is 0 Å². The summed E-state index contributed by atoms with van der Waals surface area (Å²) in [4.78, 5) is 30.9. The standard InChI is InChI=1S/C6H11NO.C5H7NO3.Na/c8-6-4-2-1-3-5-7-6;7-4-2-1-3(6-4)5(8)9;/h1-5H2,(H,7,8);3H,1-2H2,(H,6,7)(H,8,9);/q;;+1/p-1/t;3-;/m.0./s1. The molecule has 2 fully saturated rings. The van der Waals surface area contributed by atoms with Crippen LogP contribution in [0.5, 0.6) is 0 Å². The Morgan fingerprint density at radius 2 is 1.83 bits per heavy atom. The van der Waals surface area contributed by atoms with Crippen molar-refractivity contribution in [3.8, 4) is 0 Å². The SMILES string of the molecule is O=C1CCCCCN1.O=C1CC[C@@H](C(=O)[O-])N1.[Na+]. The van der Waals surface area contributed by atoms with Crippen LogP contribution in [0.2, 0.25) is 0 Å². The van der Waals surface area contributed by atoms with E-state index in [1.165, 1.54) is 6.42 Å². The first-order chi connectivity index (χ1) is 8.09. The van der Waals surface area contributed by atoms with E-state index in [0.717, 1.165) is 25.8 Å². The zero-order valence-electron chi connectivity index (χ0n) is 10.7. The molecule has 2 N–H and O–H groups in total. The van der Waals surface area contributed by atoms with Gasteiger partial charge in [-0.15, -0.1) is 0 Å². The fourth-order valence-corrected chi connectivity index (χ4v) is 1.69. The molecule has 0 aromatic carbocycles. The monoisotopic (exact) mass is 264 g/mol. The van der Waals surface area contributed by atoms with Gasteiger partial charge < -0.3 is 20.5 Å². The third-order valence-electron chi connectivity index (χ3n) is 2.68. The van der Waals surface area contributed by atoms with Gasteiger partial charge in [0, 0.05) is 19.4 Å². The molecule has 0 radical (unpaired) electrons. The van der Waals surface area contributed by atoms with Crippen molar-refractivity contribution < 1.29 is 49.0 Å². The van der Waals surface area contributed by atoms with Crippen molar-refractivity contribution in [2.45, 2.75) is 44.6 Å². The Kier molecular flexibility index (Phi) is 9.05. The number of aliphatic carboxylic acids is 1. The molecule has 0 spiro atoms. The second-order valence-corrected chi connectivity index (χ2v) is 4.14. The van der Waals surface area contributed by atoms with Crippen LogP contribution in [0.4, 0.5) is 0 Å². The summed E-state index contributed by atoms with van der Waals surface area (Å²) in [6.07, 6.45) is 4.84. The molecule has 96 valence electrons. The molecule has 2 amide bonds. The number of hydrogen-bond donors (Lipinski definition) is 2. The van der Waals surface area contributed by atoms with E-state index < -0.39 is 12.0 Å². The van der Waals surface area contributed by atoms with Gasteiger partial charge in [0.1, 0.15) is 0 Å². The molecule has 0 saturated carbocycles. The predicted molar refractivity (Wildman–Crippen MR) is 57.6 cm³/mol. The van der Waals surface area contributed by atoms with E-state index in [-0.39, 0.29) is 41.4 Å². The first kappa shape index (κ1) is 17.4. The number of nitrogens with one attached hydrogen (secondary N) is 2. The normalized spacial score (nSPS) is 22.6.